The molecule has 0 bridgehead atoms. The van der Waals surface area contributed by atoms with Crippen molar-refractivity contribution in [2.45, 2.75) is 23.0 Å². The first-order valence-corrected chi connectivity index (χ1v) is 10.0. The molecule has 0 unspecified atom stereocenters. The van der Waals surface area contributed by atoms with Crippen molar-refractivity contribution >= 4 is 15.8 Å². The number of aryl methyl sites for hydroxylation is 1. The lowest BCUT2D eigenvalue weighted by Gasteiger charge is -2.10. The first-order chi connectivity index (χ1) is 12.8. The van der Waals surface area contributed by atoms with E-state index in [4.69, 9.17) is 15.2 Å². The van der Waals surface area contributed by atoms with E-state index in [0.717, 1.165) is 5.56 Å². The van der Waals surface area contributed by atoms with Crippen molar-refractivity contribution in [1.82, 2.24) is 0 Å². The molecule has 2 aromatic rings. The lowest BCUT2D eigenvalue weighted by atomic mass is 9.99. The monoisotopic (exact) mass is 389 g/mol. The minimum absolute atomic E-state index is 0.0789. The summed E-state index contributed by atoms with van der Waals surface area (Å²) in [5.41, 5.74) is 5.71. The topological polar surface area (TPSA) is 116 Å². The zero-order chi connectivity index (χ0) is 19.4. The molecule has 0 spiro atoms. The summed E-state index contributed by atoms with van der Waals surface area (Å²) in [6, 6.07) is 11.4. The Morgan fingerprint density at radius 1 is 1.19 bits per heavy atom. The van der Waals surface area contributed by atoms with Crippen LogP contribution in [0.5, 0.6) is 11.5 Å². The van der Waals surface area contributed by atoms with Gasteiger partial charge < -0.3 is 20.3 Å². The largest absolute Gasteiger partial charge is 0.481 e. The molecule has 142 valence electrons. The van der Waals surface area contributed by atoms with Gasteiger partial charge in [-0.05, 0) is 36.8 Å². The Hall–Kier alpha value is -2.58. The van der Waals surface area contributed by atoms with Gasteiger partial charge in [0.05, 0.1) is 10.1 Å². The van der Waals surface area contributed by atoms with Crippen LogP contribution in [0.1, 0.15) is 17.0 Å². The van der Waals surface area contributed by atoms with Gasteiger partial charge in [0.25, 0.3) is 0 Å². The molecule has 0 saturated heterocycles. The van der Waals surface area contributed by atoms with Gasteiger partial charge in [0.1, 0.15) is 5.41 Å². The van der Waals surface area contributed by atoms with E-state index in [9.17, 15) is 18.3 Å². The average Bonchev–Trinajstić information content (AvgIpc) is 3.15. The number of benzene rings is 2. The fourth-order valence-electron chi connectivity index (χ4n) is 3.90. The normalized spacial score (nSPS) is 26.0. The van der Waals surface area contributed by atoms with Gasteiger partial charge >= 0.3 is 5.97 Å². The Labute approximate surface area is 156 Å². The molecule has 3 N–H and O–H groups in total. The molecule has 1 saturated carbocycles. The number of carboxylic acids is 1. The number of rotatable bonds is 5. The van der Waals surface area contributed by atoms with E-state index in [-0.39, 0.29) is 18.2 Å². The van der Waals surface area contributed by atoms with E-state index in [1.54, 1.807) is 30.3 Å². The van der Waals surface area contributed by atoms with E-state index in [1.807, 2.05) is 6.92 Å². The van der Waals surface area contributed by atoms with E-state index in [2.05, 4.69) is 0 Å². The molecule has 8 heteroatoms. The van der Waals surface area contributed by atoms with Gasteiger partial charge in [-0.25, -0.2) is 8.42 Å². The smallest absolute Gasteiger partial charge is 0.312 e. The lowest BCUT2D eigenvalue weighted by Crippen LogP contribution is -2.31. The standard InChI is InChI=1S/C19H19NO6S/c1-11-2-5-13(6-3-11)27(23,24)17-16(19(17,9-20)18(21)22)12-4-7-14-15(8-12)26-10-25-14/h2-8,16-17H,9-10,20H2,1H3,(H,21,22)/t16-,17-,19-/m1/s1. The highest BCUT2D eigenvalue weighted by Gasteiger charge is 2.75. The second-order valence-electron chi connectivity index (χ2n) is 6.92. The van der Waals surface area contributed by atoms with Crippen molar-refractivity contribution in [2.24, 2.45) is 11.1 Å². The van der Waals surface area contributed by atoms with Gasteiger partial charge in [-0.3, -0.25) is 4.79 Å². The summed E-state index contributed by atoms with van der Waals surface area (Å²) < 4.78 is 37.1. The van der Waals surface area contributed by atoms with Crippen molar-refractivity contribution < 1.29 is 27.8 Å². The van der Waals surface area contributed by atoms with Crippen molar-refractivity contribution in [2.75, 3.05) is 13.3 Å². The average molecular weight is 389 g/mol. The van der Waals surface area contributed by atoms with E-state index < -0.39 is 32.4 Å². The molecule has 1 aliphatic heterocycles. The number of hydrogen-bond acceptors (Lipinski definition) is 6. The van der Waals surface area contributed by atoms with Gasteiger partial charge in [0.15, 0.2) is 21.3 Å². The SMILES string of the molecule is Cc1ccc(S(=O)(=O)[C@@H]2[C@@H](c3ccc4c(c3)OCO4)[C@@]2(CN)C(=O)O)cc1. The summed E-state index contributed by atoms with van der Waals surface area (Å²) in [4.78, 5) is 12.2. The predicted molar refractivity (Wildman–Crippen MR) is 96.6 cm³/mol. The molecule has 0 aromatic heterocycles. The molecule has 1 heterocycles. The van der Waals surface area contributed by atoms with Gasteiger partial charge in [-0.2, -0.15) is 0 Å². The first kappa shape index (κ1) is 17.8. The predicted octanol–water partition coefficient (Wildman–Crippen LogP) is 1.69. The zero-order valence-corrected chi connectivity index (χ0v) is 15.4. The summed E-state index contributed by atoms with van der Waals surface area (Å²) in [7, 11) is -3.89. The molecule has 2 aromatic carbocycles. The molecular formula is C19H19NO6S. The van der Waals surface area contributed by atoms with Crippen LogP contribution in [-0.4, -0.2) is 38.1 Å². The second-order valence-corrected chi connectivity index (χ2v) is 8.99. The molecule has 0 amide bonds. The minimum atomic E-state index is -3.89. The van der Waals surface area contributed by atoms with Crippen LogP contribution >= 0.6 is 0 Å². The van der Waals surface area contributed by atoms with Crippen LogP contribution in [0.25, 0.3) is 0 Å². The third-order valence-electron chi connectivity index (χ3n) is 5.43. The third kappa shape index (κ3) is 2.51. The Bertz CT molecular complexity index is 1020. The van der Waals surface area contributed by atoms with Crippen LogP contribution in [0, 0.1) is 12.3 Å². The summed E-state index contributed by atoms with van der Waals surface area (Å²) in [6.45, 7) is 1.65. The number of ether oxygens (including phenoxy) is 2. The van der Waals surface area contributed by atoms with Crippen molar-refractivity contribution in [1.29, 1.82) is 0 Å². The van der Waals surface area contributed by atoms with E-state index in [0.29, 0.717) is 17.1 Å². The molecule has 3 atom stereocenters. The van der Waals surface area contributed by atoms with Gasteiger partial charge in [0.2, 0.25) is 6.79 Å². The Balaban J connectivity index is 1.80. The van der Waals surface area contributed by atoms with Crippen LogP contribution in [0.2, 0.25) is 0 Å². The number of aliphatic carboxylic acids is 1. The van der Waals surface area contributed by atoms with Crippen LogP contribution in [-0.2, 0) is 14.6 Å². The van der Waals surface area contributed by atoms with Crippen molar-refractivity contribution in [3.8, 4) is 11.5 Å². The molecule has 27 heavy (non-hydrogen) atoms. The van der Waals surface area contributed by atoms with Crippen LogP contribution in [0.4, 0.5) is 0 Å². The highest BCUT2D eigenvalue weighted by atomic mass is 32.2. The van der Waals surface area contributed by atoms with Gasteiger partial charge in [-0.15, -0.1) is 0 Å². The maximum absolute atomic E-state index is 13.2. The summed E-state index contributed by atoms with van der Waals surface area (Å²) in [5, 5.41) is 8.71. The molecule has 7 nitrogen and oxygen atoms in total. The van der Waals surface area contributed by atoms with Crippen LogP contribution in [0.15, 0.2) is 47.4 Å². The molecule has 1 aliphatic carbocycles. The third-order valence-corrected chi connectivity index (χ3v) is 7.72. The Kier molecular flexibility index (Phi) is 3.94. The summed E-state index contributed by atoms with van der Waals surface area (Å²) >= 11 is 0. The minimum Gasteiger partial charge on any atom is -0.481 e. The Morgan fingerprint density at radius 3 is 2.48 bits per heavy atom. The van der Waals surface area contributed by atoms with Crippen molar-refractivity contribution in [3.63, 3.8) is 0 Å². The molecule has 1 fully saturated rings. The highest BCUT2D eigenvalue weighted by molar-refractivity contribution is 7.92. The number of fused-ring (bicyclic) bond motifs is 1. The molecule has 2 aliphatic rings. The second kappa shape index (κ2) is 5.97. The molecular weight excluding hydrogens is 370 g/mol. The molecule has 0 radical (unpaired) electrons. The fourth-order valence-corrected chi connectivity index (χ4v) is 6.28. The van der Waals surface area contributed by atoms with E-state index >= 15 is 0 Å². The maximum Gasteiger partial charge on any atom is 0.312 e. The number of carboxylic acid groups (broad SMARTS) is 1. The van der Waals surface area contributed by atoms with Crippen molar-refractivity contribution in [3.05, 3.63) is 53.6 Å². The zero-order valence-electron chi connectivity index (χ0n) is 14.6. The Morgan fingerprint density at radius 2 is 1.85 bits per heavy atom. The fraction of sp³-hybridized carbons (Fsp3) is 0.316. The van der Waals surface area contributed by atoms with Crippen LogP contribution < -0.4 is 15.2 Å². The van der Waals surface area contributed by atoms with E-state index in [1.165, 1.54) is 12.1 Å². The van der Waals surface area contributed by atoms with Gasteiger partial charge in [-0.1, -0.05) is 23.8 Å². The maximum atomic E-state index is 13.2. The highest BCUT2D eigenvalue weighted by Crippen LogP contribution is 2.64. The quantitative estimate of drug-likeness (QED) is 0.799. The number of nitrogens with two attached hydrogens (primary N) is 1. The molecule has 4 rings (SSSR count). The number of carbonyl (C=O) groups is 1. The van der Waals surface area contributed by atoms with Gasteiger partial charge in [0, 0.05) is 12.5 Å². The first-order valence-electron chi connectivity index (χ1n) is 8.46. The lowest BCUT2D eigenvalue weighted by molar-refractivity contribution is -0.143. The summed E-state index contributed by atoms with van der Waals surface area (Å²) in [5.74, 6) is -0.956. The van der Waals surface area contributed by atoms with Crippen LogP contribution in [0.3, 0.4) is 0 Å². The summed E-state index contributed by atoms with van der Waals surface area (Å²) in [6.07, 6.45) is 0. The number of hydrogen-bond donors (Lipinski definition) is 2. The number of sulfone groups is 1.